The Labute approximate surface area is 231 Å². The highest BCUT2D eigenvalue weighted by atomic mass is 16.7. The quantitative estimate of drug-likeness (QED) is 0.161. The second kappa shape index (κ2) is 14.5. The molecule has 0 saturated carbocycles. The highest BCUT2D eigenvalue weighted by molar-refractivity contribution is 5.56. The molecule has 1 aliphatic rings. The van der Waals surface area contributed by atoms with E-state index in [-0.39, 0.29) is 35.2 Å². The Morgan fingerprint density at radius 2 is 1.50 bits per heavy atom. The van der Waals surface area contributed by atoms with Crippen LogP contribution in [0.15, 0.2) is 36.4 Å². The van der Waals surface area contributed by atoms with E-state index < -0.39 is 56.1 Å². The number of rotatable bonds is 13. The maximum Gasteiger partial charge on any atom is 0.229 e. The molecular formula is C27H36O13. The number of methoxy groups -OCH3 is 3. The molecule has 0 unspecified atom stereocenters. The average Bonchev–Trinajstić information content (AvgIpc) is 2.98. The van der Waals surface area contributed by atoms with Crippen molar-refractivity contribution in [2.24, 2.45) is 0 Å². The number of benzene rings is 2. The summed E-state index contributed by atoms with van der Waals surface area (Å²) in [6, 6.07) is 7.78. The van der Waals surface area contributed by atoms with E-state index in [2.05, 4.69) is 0 Å². The molecule has 2 aromatic carbocycles. The standard InChI is InChI=1S/C27H36O13/c1-35-17-9-14(5-4-8-28)6-7-16(17)38-20(12-29)22(31)15-10-18(36-2)26(19(11-15)37-3)40-27-25(34)24(33)23(32)21(13-30)39-27/h4-7,9-11,20-25,27-34H,8,12-13H2,1-3H3/b5-4+/t20-,21-,22-,23-,24+,25-,27+/m1/s1. The minimum atomic E-state index is -1.68. The van der Waals surface area contributed by atoms with Crippen LogP contribution in [0.1, 0.15) is 17.2 Å². The van der Waals surface area contributed by atoms with Crippen LogP contribution < -0.4 is 23.7 Å². The summed E-state index contributed by atoms with van der Waals surface area (Å²) in [6.45, 7) is -1.34. The number of aliphatic hydroxyl groups is 7. The van der Waals surface area contributed by atoms with Crippen molar-refractivity contribution in [1.82, 2.24) is 0 Å². The first-order chi connectivity index (χ1) is 19.2. The number of hydrogen-bond donors (Lipinski definition) is 7. The number of ether oxygens (including phenoxy) is 6. The zero-order valence-electron chi connectivity index (χ0n) is 22.3. The Morgan fingerprint density at radius 1 is 0.850 bits per heavy atom. The maximum atomic E-state index is 11.1. The summed E-state index contributed by atoms with van der Waals surface area (Å²) in [5.74, 6) is 0.617. The third kappa shape index (κ3) is 6.95. The van der Waals surface area contributed by atoms with E-state index in [0.29, 0.717) is 5.75 Å². The van der Waals surface area contributed by atoms with Gasteiger partial charge in [0.2, 0.25) is 12.0 Å². The first-order valence-corrected chi connectivity index (χ1v) is 12.4. The predicted octanol–water partition coefficient (Wildman–Crippen LogP) is -0.630. The Kier molecular flexibility index (Phi) is 11.4. The normalized spacial score (nSPS) is 24.4. The van der Waals surface area contributed by atoms with E-state index in [1.807, 2.05) is 0 Å². The van der Waals surface area contributed by atoms with Gasteiger partial charge in [0.05, 0.1) is 41.2 Å². The van der Waals surface area contributed by atoms with E-state index in [9.17, 15) is 30.6 Å². The molecule has 7 N–H and O–H groups in total. The summed E-state index contributed by atoms with van der Waals surface area (Å²) in [4.78, 5) is 0. The van der Waals surface area contributed by atoms with Crippen molar-refractivity contribution in [1.29, 1.82) is 0 Å². The molecule has 13 nitrogen and oxygen atoms in total. The van der Waals surface area contributed by atoms with Gasteiger partial charge in [-0.15, -0.1) is 0 Å². The van der Waals surface area contributed by atoms with Crippen LogP contribution >= 0.6 is 0 Å². The molecule has 0 radical (unpaired) electrons. The molecule has 0 spiro atoms. The van der Waals surface area contributed by atoms with Gasteiger partial charge in [0.1, 0.15) is 30.5 Å². The predicted molar refractivity (Wildman–Crippen MR) is 140 cm³/mol. The van der Waals surface area contributed by atoms with Gasteiger partial charge >= 0.3 is 0 Å². The molecule has 13 heteroatoms. The molecule has 1 fully saturated rings. The first kappa shape index (κ1) is 31.4. The number of aliphatic hydroxyl groups excluding tert-OH is 7. The summed E-state index contributed by atoms with van der Waals surface area (Å²) < 4.78 is 33.2. The van der Waals surface area contributed by atoms with Gasteiger partial charge in [-0.25, -0.2) is 0 Å². The Bertz CT molecular complexity index is 1100. The topological polar surface area (TPSA) is 197 Å². The van der Waals surface area contributed by atoms with Gasteiger partial charge in [0.25, 0.3) is 0 Å². The van der Waals surface area contributed by atoms with Crippen LogP contribution in [0.4, 0.5) is 0 Å². The van der Waals surface area contributed by atoms with Gasteiger partial charge < -0.3 is 64.2 Å². The van der Waals surface area contributed by atoms with Crippen LogP contribution in [0, 0.1) is 0 Å². The highest BCUT2D eigenvalue weighted by Gasteiger charge is 2.45. The van der Waals surface area contributed by atoms with Gasteiger partial charge in [0.15, 0.2) is 29.1 Å². The Balaban J connectivity index is 1.88. The fourth-order valence-corrected chi connectivity index (χ4v) is 4.12. The molecule has 0 aliphatic carbocycles. The van der Waals surface area contributed by atoms with Crippen LogP contribution in [0.25, 0.3) is 6.08 Å². The van der Waals surface area contributed by atoms with Gasteiger partial charge in [-0.1, -0.05) is 18.2 Å². The summed E-state index contributed by atoms with van der Waals surface area (Å²) in [5, 5.41) is 70.1. The van der Waals surface area contributed by atoms with Crippen molar-refractivity contribution >= 4 is 6.08 Å². The Hall–Kier alpha value is -3.14. The average molecular weight is 569 g/mol. The molecule has 2 aromatic rings. The molecule has 1 heterocycles. The largest absolute Gasteiger partial charge is 0.493 e. The molecule has 0 amide bonds. The monoisotopic (exact) mass is 568 g/mol. The lowest BCUT2D eigenvalue weighted by molar-refractivity contribution is -0.277. The van der Waals surface area contributed by atoms with E-state index in [0.717, 1.165) is 5.56 Å². The van der Waals surface area contributed by atoms with Crippen LogP contribution in [0.3, 0.4) is 0 Å². The molecule has 1 aliphatic heterocycles. The van der Waals surface area contributed by atoms with E-state index in [1.54, 1.807) is 30.4 Å². The summed E-state index contributed by atoms with van der Waals surface area (Å²) >= 11 is 0. The van der Waals surface area contributed by atoms with Crippen LogP contribution in [0.5, 0.6) is 28.7 Å². The molecule has 7 atom stereocenters. The second-order valence-electron chi connectivity index (χ2n) is 8.85. The molecular weight excluding hydrogens is 532 g/mol. The molecule has 0 aromatic heterocycles. The van der Waals surface area contributed by atoms with Crippen LogP contribution in [-0.4, -0.2) is 114 Å². The zero-order chi connectivity index (χ0) is 29.4. The molecule has 40 heavy (non-hydrogen) atoms. The third-order valence-corrected chi connectivity index (χ3v) is 6.32. The summed E-state index contributed by atoms with van der Waals surface area (Å²) in [7, 11) is 4.08. The van der Waals surface area contributed by atoms with Gasteiger partial charge in [0, 0.05) is 0 Å². The van der Waals surface area contributed by atoms with Crippen molar-refractivity contribution in [3.63, 3.8) is 0 Å². The fraction of sp³-hybridized carbons (Fsp3) is 0.481. The van der Waals surface area contributed by atoms with E-state index >= 15 is 0 Å². The van der Waals surface area contributed by atoms with Gasteiger partial charge in [-0.2, -0.15) is 0 Å². The van der Waals surface area contributed by atoms with Gasteiger partial charge in [-0.05, 0) is 35.4 Å². The van der Waals surface area contributed by atoms with E-state index in [1.165, 1.54) is 33.5 Å². The van der Waals surface area contributed by atoms with Crippen molar-refractivity contribution in [3.8, 4) is 28.7 Å². The third-order valence-electron chi connectivity index (χ3n) is 6.32. The minimum absolute atomic E-state index is 0.0413. The molecule has 1 saturated heterocycles. The molecule has 3 rings (SSSR count). The maximum absolute atomic E-state index is 11.1. The van der Waals surface area contributed by atoms with Gasteiger partial charge in [-0.3, -0.25) is 0 Å². The number of hydrogen-bond acceptors (Lipinski definition) is 13. The van der Waals surface area contributed by atoms with Crippen LogP contribution in [-0.2, 0) is 4.74 Å². The molecule has 222 valence electrons. The van der Waals surface area contributed by atoms with Crippen molar-refractivity contribution < 1.29 is 64.2 Å². The fourth-order valence-electron chi connectivity index (χ4n) is 4.12. The molecule has 0 bridgehead atoms. The zero-order valence-corrected chi connectivity index (χ0v) is 22.3. The van der Waals surface area contributed by atoms with E-state index in [4.69, 9.17) is 33.5 Å². The lowest BCUT2D eigenvalue weighted by Gasteiger charge is -2.39. The minimum Gasteiger partial charge on any atom is -0.493 e. The smallest absolute Gasteiger partial charge is 0.229 e. The lowest BCUT2D eigenvalue weighted by atomic mass is 9.99. The Morgan fingerprint density at radius 3 is 2.05 bits per heavy atom. The lowest BCUT2D eigenvalue weighted by Crippen LogP contribution is -2.60. The van der Waals surface area contributed by atoms with Crippen molar-refractivity contribution in [2.45, 2.75) is 42.9 Å². The van der Waals surface area contributed by atoms with Crippen LogP contribution in [0.2, 0.25) is 0 Å². The first-order valence-electron chi connectivity index (χ1n) is 12.4. The van der Waals surface area contributed by atoms with Crippen molar-refractivity contribution in [3.05, 3.63) is 47.5 Å². The highest BCUT2D eigenvalue weighted by Crippen LogP contribution is 2.42. The summed E-state index contributed by atoms with van der Waals surface area (Å²) in [5.41, 5.74) is 0.958. The summed E-state index contributed by atoms with van der Waals surface area (Å²) in [6.07, 6.45) is -6.90. The SMILES string of the molecule is COc1cc(/C=C/CO)ccc1O[C@H](CO)[C@H](O)c1cc(OC)c(O[C@@H]2O[C@H](CO)[C@@H](O)[C@H](O)[C@H]2O)c(OC)c1. The van der Waals surface area contributed by atoms with Crippen molar-refractivity contribution in [2.75, 3.05) is 41.2 Å². The second-order valence-corrected chi connectivity index (χ2v) is 8.85.